The zero-order valence-corrected chi connectivity index (χ0v) is 47.4. The van der Waals surface area contributed by atoms with Crippen LogP contribution in [-0.4, -0.2) is 127 Å². The molecule has 432 valence electrons. The van der Waals surface area contributed by atoms with Crippen LogP contribution in [-0.2, 0) is 47.9 Å². The van der Waals surface area contributed by atoms with Crippen molar-refractivity contribution in [2.45, 2.75) is 234 Å². The number of rotatable bonds is 41. The van der Waals surface area contributed by atoms with Crippen LogP contribution in [0.3, 0.4) is 0 Å². The fourth-order valence-corrected chi connectivity index (χ4v) is 7.94. The molecule has 0 aromatic carbocycles. The fraction of sp³-hybridized carbons (Fsp3) is 0.811. The summed E-state index contributed by atoms with van der Waals surface area (Å²) in [6, 6.07) is -9.32. The van der Waals surface area contributed by atoms with Gasteiger partial charge in [0.2, 0.25) is 59.1 Å². The minimum Gasteiger partial charge on any atom is -0.368 e. The molecule has 0 aliphatic carbocycles. The van der Waals surface area contributed by atoms with Gasteiger partial charge in [-0.05, 0) is 90.1 Å². The average Bonchev–Trinajstić information content (AvgIpc) is 3.34. The van der Waals surface area contributed by atoms with E-state index in [1.54, 1.807) is 48.5 Å². The van der Waals surface area contributed by atoms with Crippen LogP contribution in [0.25, 0.3) is 0 Å². The first-order chi connectivity index (χ1) is 35.3. The lowest BCUT2D eigenvalue weighted by atomic mass is 9.97. The molecule has 0 saturated heterocycles. The largest absolute Gasteiger partial charge is 0.368 e. The minimum atomic E-state index is -1.35. The maximum absolute atomic E-state index is 13.8. The molecule has 0 aliphatic heterocycles. The number of unbranched alkanes of at least 4 members (excludes halogenated alkanes) is 11. The summed E-state index contributed by atoms with van der Waals surface area (Å²) in [5, 5.41) is 23.7. The van der Waals surface area contributed by atoms with Crippen molar-refractivity contribution in [2.75, 3.05) is 19.6 Å². The molecule has 0 heterocycles. The maximum atomic E-state index is 13.8. The van der Waals surface area contributed by atoms with Crippen molar-refractivity contribution in [3.05, 3.63) is 0 Å². The van der Waals surface area contributed by atoms with Gasteiger partial charge in [0.25, 0.3) is 0 Å². The lowest BCUT2D eigenvalue weighted by Crippen LogP contribution is -2.62. The highest BCUT2D eigenvalue weighted by Gasteiger charge is 2.36. The summed E-state index contributed by atoms with van der Waals surface area (Å²) in [7, 11) is 0. The molecular formula is C53H100N12O10. The Kier molecular flexibility index (Phi) is 36.3. The van der Waals surface area contributed by atoms with E-state index in [1.165, 1.54) is 59.3 Å². The number of amides is 10. The molecule has 0 bridgehead atoms. The van der Waals surface area contributed by atoms with Gasteiger partial charge in [-0.25, -0.2) is 0 Å². The Morgan fingerprint density at radius 2 is 0.733 bits per heavy atom. The Balaban J connectivity index is 5.51. The lowest BCUT2D eigenvalue weighted by Gasteiger charge is -2.30. The van der Waals surface area contributed by atoms with Crippen molar-refractivity contribution in [1.82, 2.24) is 47.9 Å². The highest BCUT2D eigenvalue weighted by atomic mass is 16.2. The highest BCUT2D eigenvalue weighted by Crippen LogP contribution is 2.13. The van der Waals surface area contributed by atoms with Crippen LogP contribution in [0.5, 0.6) is 0 Å². The van der Waals surface area contributed by atoms with Gasteiger partial charge in [0, 0.05) is 12.5 Å². The Morgan fingerprint density at radius 1 is 0.373 bits per heavy atom. The second kappa shape index (κ2) is 39.1. The van der Waals surface area contributed by atoms with E-state index >= 15 is 0 Å². The predicted octanol–water partition coefficient (Wildman–Crippen LogP) is 1.70. The van der Waals surface area contributed by atoms with Gasteiger partial charge >= 0.3 is 0 Å². The highest BCUT2D eigenvalue weighted by molar-refractivity contribution is 5.98. The van der Waals surface area contributed by atoms with Crippen molar-refractivity contribution in [1.29, 1.82) is 0 Å². The lowest BCUT2D eigenvalue weighted by molar-refractivity contribution is -0.137. The topological polar surface area (TPSA) is 357 Å². The standard InChI is InChI=1S/C53H100N12O10/c1-12-13-14-15-16-17-18-19-20-25-30-57-41(66)31-40(45(56)67)62-51(73)42(32(2)3)64-53(75)44(34(6)7)65-52(74)43(33(4)5)63-49(71)38(11)59-47(69)36(9)58-48(70)37(10)60-50(72)39(27-22-24-29-55)61-46(68)35(8)26-21-23-28-54/h32-40,42-44H,12-31,54-55H2,1-11H3,(H2,56,67)(H,57,66)(H,58,70)(H,59,69)(H,60,72)(H,61,68)(H,62,73)(H,63,71)(H,64,75)(H,65,74)/t35-,36-,37-,38-,39-,40+,42-,43-,44-/m0/s1. The summed E-state index contributed by atoms with van der Waals surface area (Å²) in [4.78, 5) is 132. The molecule has 0 radical (unpaired) electrons. The molecule has 0 fully saturated rings. The summed E-state index contributed by atoms with van der Waals surface area (Å²) >= 11 is 0. The number of primary amides is 1. The molecule has 10 amide bonds. The number of nitrogens with two attached hydrogens (primary N) is 3. The van der Waals surface area contributed by atoms with Gasteiger partial charge in [-0.3, -0.25) is 47.9 Å². The average molecular weight is 1070 g/mol. The molecule has 0 aromatic rings. The van der Waals surface area contributed by atoms with E-state index in [4.69, 9.17) is 17.2 Å². The molecule has 0 spiro atoms. The van der Waals surface area contributed by atoms with Crippen LogP contribution in [0.15, 0.2) is 0 Å². The van der Waals surface area contributed by atoms with Gasteiger partial charge in [-0.15, -0.1) is 0 Å². The third-order valence-electron chi connectivity index (χ3n) is 13.0. The first-order valence-corrected chi connectivity index (χ1v) is 27.7. The van der Waals surface area contributed by atoms with Crippen LogP contribution in [0.1, 0.15) is 185 Å². The zero-order chi connectivity index (χ0) is 57.2. The Hall–Kier alpha value is -5.38. The third kappa shape index (κ3) is 29.5. The van der Waals surface area contributed by atoms with Crippen molar-refractivity contribution in [3.63, 3.8) is 0 Å². The molecule has 0 unspecified atom stereocenters. The van der Waals surface area contributed by atoms with E-state index in [-0.39, 0.29) is 18.2 Å². The molecular weight excluding hydrogens is 965 g/mol. The van der Waals surface area contributed by atoms with Gasteiger partial charge in [0.1, 0.15) is 48.3 Å². The van der Waals surface area contributed by atoms with Crippen molar-refractivity contribution >= 4 is 59.1 Å². The SMILES string of the molecule is CCCCCCCCCCCCNC(=O)C[C@@H](NC(=O)[C@@H](NC(=O)[C@@H](NC(=O)[C@@H](NC(=O)[C@H](C)NC(=O)[C@H](C)NC(=O)[C@H](C)NC(=O)[C@H](CCCCN)NC(=O)[C@@H](C)CCCCN)C(C)C)C(C)C)C(C)C)C(N)=O. The van der Waals surface area contributed by atoms with Crippen LogP contribution in [0, 0.1) is 23.7 Å². The van der Waals surface area contributed by atoms with Gasteiger partial charge in [0.05, 0.1) is 6.42 Å². The molecule has 9 atom stereocenters. The molecule has 22 nitrogen and oxygen atoms in total. The first-order valence-electron chi connectivity index (χ1n) is 27.7. The molecule has 0 saturated carbocycles. The van der Waals surface area contributed by atoms with Crippen molar-refractivity contribution in [3.8, 4) is 0 Å². The monoisotopic (exact) mass is 1060 g/mol. The first kappa shape index (κ1) is 69.6. The second-order valence-electron chi connectivity index (χ2n) is 21.1. The Bertz CT molecular complexity index is 1780. The normalized spacial score (nSPS) is 14.9. The van der Waals surface area contributed by atoms with E-state index in [2.05, 4.69) is 54.8 Å². The van der Waals surface area contributed by atoms with Gasteiger partial charge in [0.15, 0.2) is 0 Å². The smallest absolute Gasteiger partial charge is 0.243 e. The van der Waals surface area contributed by atoms with Gasteiger partial charge < -0.3 is 65.1 Å². The quantitative estimate of drug-likeness (QED) is 0.0390. The summed E-state index contributed by atoms with van der Waals surface area (Å²) in [6.07, 6.45) is 14.6. The molecule has 0 aromatic heterocycles. The van der Waals surface area contributed by atoms with E-state index in [0.717, 1.165) is 38.5 Å². The zero-order valence-electron chi connectivity index (χ0n) is 47.4. The van der Waals surface area contributed by atoms with Crippen molar-refractivity contribution < 1.29 is 47.9 Å². The number of hydrogen-bond acceptors (Lipinski definition) is 12. The molecule has 15 N–H and O–H groups in total. The molecule has 0 rings (SSSR count). The molecule has 22 heteroatoms. The van der Waals surface area contributed by atoms with Crippen LogP contribution < -0.4 is 65.1 Å². The number of carbonyl (C=O) groups is 10. The van der Waals surface area contributed by atoms with E-state index in [1.807, 2.05) is 0 Å². The predicted molar refractivity (Wildman–Crippen MR) is 291 cm³/mol. The summed E-state index contributed by atoms with van der Waals surface area (Å²) < 4.78 is 0. The van der Waals surface area contributed by atoms with Gasteiger partial charge in [-0.2, -0.15) is 0 Å². The van der Waals surface area contributed by atoms with Gasteiger partial charge in [-0.1, -0.05) is 120 Å². The Morgan fingerprint density at radius 3 is 1.15 bits per heavy atom. The Labute approximate surface area is 447 Å². The third-order valence-corrected chi connectivity index (χ3v) is 13.0. The summed E-state index contributed by atoms with van der Waals surface area (Å²) in [6.45, 7) is 19.5. The number of nitrogens with one attached hydrogen (secondary N) is 9. The number of carbonyl (C=O) groups excluding carboxylic acids is 10. The van der Waals surface area contributed by atoms with Crippen LogP contribution in [0.2, 0.25) is 0 Å². The molecule has 0 aliphatic rings. The van der Waals surface area contributed by atoms with Crippen LogP contribution in [0.4, 0.5) is 0 Å². The second-order valence-corrected chi connectivity index (χ2v) is 21.1. The van der Waals surface area contributed by atoms with E-state index in [9.17, 15) is 47.9 Å². The fourth-order valence-electron chi connectivity index (χ4n) is 7.94. The number of hydrogen-bond donors (Lipinski definition) is 12. The van der Waals surface area contributed by atoms with E-state index in [0.29, 0.717) is 45.3 Å². The van der Waals surface area contributed by atoms with E-state index < -0.39 is 119 Å². The summed E-state index contributed by atoms with van der Waals surface area (Å²) in [5.41, 5.74) is 16.8. The molecule has 75 heavy (non-hydrogen) atoms. The minimum absolute atomic E-state index is 0.297. The summed E-state index contributed by atoms with van der Waals surface area (Å²) in [5.74, 6) is -8.50. The van der Waals surface area contributed by atoms with Crippen molar-refractivity contribution in [2.24, 2.45) is 40.9 Å². The maximum Gasteiger partial charge on any atom is 0.243 e. The van der Waals surface area contributed by atoms with Crippen LogP contribution >= 0.6 is 0 Å².